The fraction of sp³-hybridized carbons (Fsp3) is 0.909. The normalized spacial score (nSPS) is 30.4. The average molecular weight is 212 g/mol. The predicted molar refractivity (Wildman–Crippen MR) is 63.9 cm³/mol. The summed E-state index contributed by atoms with van der Waals surface area (Å²) in [5.74, 6) is 2.88. The van der Waals surface area contributed by atoms with Gasteiger partial charge in [0, 0.05) is 18.3 Å². The molecule has 1 heterocycles. The number of rotatable bonds is 2. The van der Waals surface area contributed by atoms with Gasteiger partial charge >= 0.3 is 0 Å². The van der Waals surface area contributed by atoms with Gasteiger partial charge in [0.05, 0.1) is 0 Å². The van der Waals surface area contributed by atoms with Crippen molar-refractivity contribution in [3.05, 3.63) is 0 Å². The van der Waals surface area contributed by atoms with Gasteiger partial charge in [-0.05, 0) is 31.6 Å². The Bertz CT molecular complexity index is 223. The van der Waals surface area contributed by atoms with E-state index in [0.29, 0.717) is 6.04 Å². The van der Waals surface area contributed by atoms with Crippen LogP contribution in [0.5, 0.6) is 0 Å². The summed E-state index contributed by atoms with van der Waals surface area (Å²) >= 11 is 1.89. The summed E-state index contributed by atoms with van der Waals surface area (Å²) in [4.78, 5) is 4.56. The highest BCUT2D eigenvalue weighted by Gasteiger charge is 2.25. The van der Waals surface area contributed by atoms with Crippen LogP contribution in [0.2, 0.25) is 0 Å². The van der Waals surface area contributed by atoms with Crippen LogP contribution in [0.1, 0.15) is 33.1 Å². The topological polar surface area (TPSA) is 24.4 Å². The number of amidine groups is 1. The van der Waals surface area contributed by atoms with Crippen LogP contribution in [-0.4, -0.2) is 23.5 Å². The quantitative estimate of drug-likeness (QED) is 0.760. The zero-order valence-corrected chi connectivity index (χ0v) is 9.94. The van der Waals surface area contributed by atoms with Crippen LogP contribution >= 0.6 is 11.8 Å². The molecule has 2 unspecified atom stereocenters. The third-order valence-corrected chi connectivity index (χ3v) is 4.52. The molecule has 1 aliphatic carbocycles. The van der Waals surface area contributed by atoms with Gasteiger partial charge in [-0.15, -0.1) is 0 Å². The Hall–Kier alpha value is -0.180. The van der Waals surface area contributed by atoms with Crippen LogP contribution < -0.4 is 5.32 Å². The first-order valence-corrected chi connectivity index (χ1v) is 6.68. The molecule has 80 valence electrons. The highest BCUT2D eigenvalue weighted by atomic mass is 32.2. The molecule has 0 bridgehead atoms. The zero-order chi connectivity index (χ0) is 9.97. The van der Waals surface area contributed by atoms with Crippen molar-refractivity contribution in [3.8, 4) is 0 Å². The molecule has 0 saturated heterocycles. The van der Waals surface area contributed by atoms with Crippen molar-refractivity contribution in [2.45, 2.75) is 39.2 Å². The van der Waals surface area contributed by atoms with Crippen molar-refractivity contribution in [3.63, 3.8) is 0 Å². The maximum Gasteiger partial charge on any atom is 0.156 e. The molecule has 2 atom stereocenters. The van der Waals surface area contributed by atoms with Crippen LogP contribution in [0.3, 0.4) is 0 Å². The van der Waals surface area contributed by atoms with Crippen LogP contribution in [-0.2, 0) is 0 Å². The second-order valence-corrected chi connectivity index (χ2v) is 5.69. The lowest BCUT2D eigenvalue weighted by atomic mass is 9.80. The van der Waals surface area contributed by atoms with E-state index in [9.17, 15) is 0 Å². The van der Waals surface area contributed by atoms with Gasteiger partial charge in [-0.25, -0.2) is 0 Å². The maximum absolute atomic E-state index is 4.56. The van der Waals surface area contributed by atoms with Crippen LogP contribution in [0.4, 0.5) is 0 Å². The SMILES string of the molecule is CC1CN=C(NC(C)C2CCC2)SC1. The lowest BCUT2D eigenvalue weighted by Gasteiger charge is -2.33. The fourth-order valence-corrected chi connectivity index (χ4v) is 2.88. The molecule has 0 amide bonds. The van der Waals surface area contributed by atoms with E-state index in [1.807, 2.05) is 11.8 Å². The second-order valence-electron chi connectivity index (χ2n) is 4.69. The molecular weight excluding hydrogens is 192 g/mol. The monoisotopic (exact) mass is 212 g/mol. The van der Waals surface area contributed by atoms with E-state index in [0.717, 1.165) is 18.4 Å². The predicted octanol–water partition coefficient (Wildman–Crippen LogP) is 2.50. The maximum atomic E-state index is 4.56. The van der Waals surface area contributed by atoms with Gasteiger partial charge in [-0.1, -0.05) is 25.1 Å². The molecular formula is C11H20N2S. The van der Waals surface area contributed by atoms with Gasteiger partial charge in [-0.2, -0.15) is 0 Å². The lowest BCUT2D eigenvalue weighted by molar-refractivity contribution is 0.259. The van der Waals surface area contributed by atoms with Gasteiger partial charge in [0.2, 0.25) is 0 Å². The first-order chi connectivity index (χ1) is 6.75. The molecule has 2 rings (SSSR count). The minimum absolute atomic E-state index is 0.628. The number of hydrogen-bond acceptors (Lipinski definition) is 3. The molecule has 0 radical (unpaired) electrons. The lowest BCUT2D eigenvalue weighted by Crippen LogP contribution is -2.40. The summed E-state index contributed by atoms with van der Waals surface area (Å²) in [6.45, 7) is 5.57. The summed E-state index contributed by atoms with van der Waals surface area (Å²) < 4.78 is 0. The van der Waals surface area contributed by atoms with Gasteiger partial charge in [0.1, 0.15) is 0 Å². The number of thioether (sulfide) groups is 1. The van der Waals surface area contributed by atoms with E-state index < -0.39 is 0 Å². The number of aliphatic imine (C=N–C) groups is 1. The van der Waals surface area contributed by atoms with Crippen molar-refractivity contribution in [1.82, 2.24) is 5.32 Å². The number of nitrogens with zero attached hydrogens (tertiary/aromatic N) is 1. The minimum Gasteiger partial charge on any atom is -0.362 e. The molecule has 2 aliphatic rings. The fourth-order valence-electron chi connectivity index (χ4n) is 1.90. The summed E-state index contributed by atoms with van der Waals surface area (Å²) in [5.41, 5.74) is 0. The summed E-state index contributed by atoms with van der Waals surface area (Å²) in [5, 5.41) is 4.74. The van der Waals surface area contributed by atoms with E-state index in [1.165, 1.54) is 30.2 Å². The molecule has 1 fully saturated rings. The molecule has 0 spiro atoms. The van der Waals surface area contributed by atoms with E-state index >= 15 is 0 Å². The molecule has 0 aromatic rings. The second kappa shape index (κ2) is 4.56. The molecule has 3 heteroatoms. The third-order valence-electron chi connectivity index (χ3n) is 3.26. The summed E-state index contributed by atoms with van der Waals surface area (Å²) in [6.07, 6.45) is 4.23. The molecule has 14 heavy (non-hydrogen) atoms. The average Bonchev–Trinajstić information content (AvgIpc) is 2.06. The Morgan fingerprint density at radius 1 is 1.50 bits per heavy atom. The van der Waals surface area contributed by atoms with Crippen molar-refractivity contribution in [1.29, 1.82) is 0 Å². The zero-order valence-electron chi connectivity index (χ0n) is 9.12. The van der Waals surface area contributed by atoms with Crippen LogP contribution in [0, 0.1) is 11.8 Å². The highest BCUT2D eigenvalue weighted by Crippen LogP contribution is 2.30. The summed E-state index contributed by atoms with van der Waals surface area (Å²) in [7, 11) is 0. The Kier molecular flexibility index (Phi) is 3.37. The first kappa shape index (κ1) is 10.3. The molecule has 2 nitrogen and oxygen atoms in total. The van der Waals surface area contributed by atoms with E-state index in [-0.39, 0.29) is 0 Å². The Morgan fingerprint density at radius 2 is 2.29 bits per heavy atom. The highest BCUT2D eigenvalue weighted by molar-refractivity contribution is 8.13. The number of hydrogen-bond donors (Lipinski definition) is 1. The molecule has 1 aliphatic heterocycles. The molecule has 0 aromatic heterocycles. The van der Waals surface area contributed by atoms with Gasteiger partial charge in [0.25, 0.3) is 0 Å². The smallest absolute Gasteiger partial charge is 0.156 e. The Morgan fingerprint density at radius 3 is 2.79 bits per heavy atom. The Labute approximate surface area is 90.9 Å². The minimum atomic E-state index is 0.628. The van der Waals surface area contributed by atoms with Crippen molar-refractivity contribution in [2.75, 3.05) is 12.3 Å². The van der Waals surface area contributed by atoms with Crippen molar-refractivity contribution < 1.29 is 0 Å². The van der Waals surface area contributed by atoms with E-state index in [1.54, 1.807) is 0 Å². The third kappa shape index (κ3) is 2.44. The van der Waals surface area contributed by atoms with Gasteiger partial charge < -0.3 is 5.32 Å². The molecule has 1 N–H and O–H groups in total. The number of nitrogens with one attached hydrogen (secondary N) is 1. The molecule has 0 aromatic carbocycles. The Balaban J connectivity index is 1.78. The van der Waals surface area contributed by atoms with E-state index in [4.69, 9.17) is 0 Å². The first-order valence-electron chi connectivity index (χ1n) is 5.69. The van der Waals surface area contributed by atoms with Crippen molar-refractivity contribution >= 4 is 16.9 Å². The van der Waals surface area contributed by atoms with Crippen LogP contribution in [0.25, 0.3) is 0 Å². The van der Waals surface area contributed by atoms with Gasteiger partial charge in [0.15, 0.2) is 5.17 Å². The summed E-state index contributed by atoms with van der Waals surface area (Å²) in [6, 6.07) is 0.628. The standard InChI is InChI=1S/C11H20N2S/c1-8-6-12-11(14-7-8)13-9(2)10-4-3-5-10/h8-10H,3-7H2,1-2H3,(H,12,13). The van der Waals surface area contributed by atoms with Crippen molar-refractivity contribution in [2.24, 2.45) is 16.8 Å². The van der Waals surface area contributed by atoms with E-state index in [2.05, 4.69) is 24.2 Å². The van der Waals surface area contributed by atoms with Gasteiger partial charge in [-0.3, -0.25) is 4.99 Å². The largest absolute Gasteiger partial charge is 0.362 e. The van der Waals surface area contributed by atoms with Crippen LogP contribution in [0.15, 0.2) is 4.99 Å². The molecule has 1 saturated carbocycles.